The lowest BCUT2D eigenvalue weighted by Crippen LogP contribution is -2.14. The summed E-state index contributed by atoms with van der Waals surface area (Å²) in [5.41, 5.74) is 9.51. The van der Waals surface area contributed by atoms with E-state index in [9.17, 15) is 8.42 Å². The highest BCUT2D eigenvalue weighted by Crippen LogP contribution is 2.20. The Bertz CT molecular complexity index is 706. The normalized spacial score (nSPS) is 13.1. The lowest BCUT2D eigenvalue weighted by Gasteiger charge is -2.13. The van der Waals surface area contributed by atoms with Gasteiger partial charge in [-0.3, -0.25) is 0 Å². The fourth-order valence-electron chi connectivity index (χ4n) is 2.26. The molecule has 2 aromatic rings. The van der Waals surface area contributed by atoms with Gasteiger partial charge in [0, 0.05) is 12.3 Å². The zero-order valence-corrected chi connectivity index (χ0v) is 13.2. The van der Waals surface area contributed by atoms with Gasteiger partial charge in [0.15, 0.2) is 9.84 Å². The Hall–Kier alpha value is -1.65. The molecule has 2 rings (SSSR count). The average Bonchev–Trinajstić information content (AvgIpc) is 2.47. The highest BCUT2D eigenvalue weighted by Gasteiger charge is 2.12. The van der Waals surface area contributed by atoms with Crippen LogP contribution in [0.3, 0.4) is 0 Å². The summed E-state index contributed by atoms with van der Waals surface area (Å²) in [5.74, 6) is 0. The van der Waals surface area contributed by atoms with Crippen LogP contribution >= 0.6 is 0 Å². The Kier molecular flexibility index (Phi) is 4.80. The fraction of sp³-hybridized carbons (Fsp3) is 0.294. The topological polar surface area (TPSA) is 60.2 Å². The largest absolute Gasteiger partial charge is 0.324 e. The molecule has 112 valence electrons. The first-order valence-corrected chi connectivity index (χ1v) is 8.92. The van der Waals surface area contributed by atoms with Crippen LogP contribution in [0.25, 0.3) is 0 Å². The van der Waals surface area contributed by atoms with Gasteiger partial charge in [-0.05, 0) is 41.7 Å². The molecule has 0 aliphatic rings. The lowest BCUT2D eigenvalue weighted by molar-refractivity contribution is 0.601. The number of aryl methyl sites for hydroxylation is 1. The Balaban J connectivity index is 2.18. The van der Waals surface area contributed by atoms with E-state index in [1.54, 1.807) is 18.2 Å². The molecule has 21 heavy (non-hydrogen) atoms. The summed E-state index contributed by atoms with van der Waals surface area (Å²) in [6.07, 6.45) is 2.92. The number of hydrogen-bond donors (Lipinski definition) is 1. The van der Waals surface area contributed by atoms with Crippen LogP contribution in [-0.4, -0.2) is 14.7 Å². The molecule has 3 nitrogen and oxygen atoms in total. The Morgan fingerprint density at radius 2 is 1.67 bits per heavy atom. The van der Waals surface area contributed by atoms with Crippen LogP contribution < -0.4 is 5.73 Å². The van der Waals surface area contributed by atoms with Crippen LogP contribution in [0.1, 0.15) is 29.7 Å². The molecule has 0 bridgehead atoms. The molecule has 0 aliphatic carbocycles. The molecule has 0 heterocycles. The molecular weight excluding hydrogens is 282 g/mol. The van der Waals surface area contributed by atoms with E-state index in [0.717, 1.165) is 17.5 Å². The fourth-order valence-corrected chi connectivity index (χ4v) is 2.93. The van der Waals surface area contributed by atoms with Gasteiger partial charge in [0.25, 0.3) is 0 Å². The zero-order chi connectivity index (χ0) is 15.5. The van der Waals surface area contributed by atoms with E-state index in [0.29, 0.717) is 11.3 Å². The number of nitrogens with two attached hydrogens (primary N) is 1. The van der Waals surface area contributed by atoms with E-state index in [-0.39, 0.29) is 6.04 Å². The highest BCUT2D eigenvalue weighted by atomic mass is 32.2. The molecule has 0 aromatic heterocycles. The van der Waals surface area contributed by atoms with Crippen LogP contribution in [-0.2, 0) is 22.7 Å². The van der Waals surface area contributed by atoms with Gasteiger partial charge in [-0.15, -0.1) is 0 Å². The minimum atomic E-state index is -3.20. The van der Waals surface area contributed by atoms with Crippen molar-refractivity contribution < 1.29 is 8.42 Å². The maximum atomic E-state index is 11.6. The minimum Gasteiger partial charge on any atom is -0.324 e. The molecule has 2 aromatic carbocycles. The van der Waals surface area contributed by atoms with Crippen LogP contribution in [0.2, 0.25) is 0 Å². The third-order valence-electron chi connectivity index (χ3n) is 3.60. The molecule has 1 atom stereocenters. The van der Waals surface area contributed by atoms with Gasteiger partial charge in [0.1, 0.15) is 0 Å². The third-order valence-corrected chi connectivity index (χ3v) is 4.71. The lowest BCUT2D eigenvalue weighted by atomic mass is 9.99. The van der Waals surface area contributed by atoms with Crippen LogP contribution in [0.5, 0.6) is 0 Å². The SMILES string of the molecule is CCc1ccc(CC(N)c2cccc(S(C)(=O)=O)c2)cc1. The van der Waals surface area contributed by atoms with E-state index < -0.39 is 9.84 Å². The van der Waals surface area contributed by atoms with Crippen molar-refractivity contribution in [3.8, 4) is 0 Å². The average molecular weight is 303 g/mol. The van der Waals surface area contributed by atoms with Crippen molar-refractivity contribution in [1.29, 1.82) is 0 Å². The summed E-state index contributed by atoms with van der Waals surface area (Å²) in [6, 6.07) is 15.1. The second kappa shape index (κ2) is 6.41. The quantitative estimate of drug-likeness (QED) is 0.924. The van der Waals surface area contributed by atoms with Gasteiger partial charge in [-0.1, -0.05) is 43.3 Å². The molecule has 0 aliphatic heterocycles. The Labute approximate surface area is 126 Å². The number of benzene rings is 2. The Morgan fingerprint density at radius 3 is 2.24 bits per heavy atom. The second-order valence-electron chi connectivity index (χ2n) is 5.33. The maximum Gasteiger partial charge on any atom is 0.175 e. The second-order valence-corrected chi connectivity index (χ2v) is 7.34. The van der Waals surface area contributed by atoms with Crippen molar-refractivity contribution in [2.75, 3.05) is 6.26 Å². The smallest absolute Gasteiger partial charge is 0.175 e. The van der Waals surface area contributed by atoms with Gasteiger partial charge >= 0.3 is 0 Å². The molecule has 0 spiro atoms. The zero-order valence-electron chi connectivity index (χ0n) is 12.4. The molecule has 0 fully saturated rings. The van der Waals surface area contributed by atoms with Gasteiger partial charge in [0.05, 0.1) is 4.90 Å². The van der Waals surface area contributed by atoms with Gasteiger partial charge < -0.3 is 5.73 Å². The number of rotatable bonds is 5. The predicted molar refractivity (Wildman–Crippen MR) is 86.0 cm³/mol. The molecule has 4 heteroatoms. The highest BCUT2D eigenvalue weighted by molar-refractivity contribution is 7.90. The van der Waals surface area contributed by atoms with E-state index in [4.69, 9.17) is 5.73 Å². The van der Waals surface area contributed by atoms with Crippen molar-refractivity contribution in [2.45, 2.75) is 30.7 Å². The molecule has 0 amide bonds. The van der Waals surface area contributed by atoms with Crippen molar-refractivity contribution in [2.24, 2.45) is 5.73 Å². The first-order valence-electron chi connectivity index (χ1n) is 7.03. The van der Waals surface area contributed by atoms with Gasteiger partial charge in [0.2, 0.25) is 0 Å². The first kappa shape index (κ1) is 15.7. The molecule has 0 saturated heterocycles. The van der Waals surface area contributed by atoms with E-state index in [2.05, 4.69) is 31.2 Å². The summed E-state index contributed by atoms with van der Waals surface area (Å²) in [5, 5.41) is 0. The van der Waals surface area contributed by atoms with Gasteiger partial charge in [-0.25, -0.2) is 8.42 Å². The standard InChI is InChI=1S/C17H21NO2S/c1-3-13-7-9-14(10-8-13)11-17(18)15-5-4-6-16(12-15)21(2,19)20/h4-10,12,17H,3,11,18H2,1-2H3. The summed E-state index contributed by atoms with van der Waals surface area (Å²) in [6.45, 7) is 2.12. The van der Waals surface area contributed by atoms with Crippen LogP contribution in [0.15, 0.2) is 53.4 Å². The summed E-state index contributed by atoms with van der Waals surface area (Å²) < 4.78 is 23.2. The van der Waals surface area contributed by atoms with Crippen LogP contribution in [0, 0.1) is 0 Å². The van der Waals surface area contributed by atoms with Crippen LogP contribution in [0.4, 0.5) is 0 Å². The van der Waals surface area contributed by atoms with E-state index in [1.165, 1.54) is 11.8 Å². The summed E-state index contributed by atoms with van der Waals surface area (Å²) in [4.78, 5) is 0.316. The van der Waals surface area contributed by atoms with Gasteiger partial charge in [-0.2, -0.15) is 0 Å². The molecule has 0 radical (unpaired) electrons. The number of sulfone groups is 1. The van der Waals surface area contributed by atoms with Crippen molar-refractivity contribution >= 4 is 9.84 Å². The summed E-state index contributed by atoms with van der Waals surface area (Å²) in [7, 11) is -3.20. The van der Waals surface area contributed by atoms with E-state index in [1.807, 2.05) is 6.07 Å². The minimum absolute atomic E-state index is 0.209. The predicted octanol–water partition coefficient (Wildman–Crippen LogP) is 2.90. The van der Waals surface area contributed by atoms with E-state index >= 15 is 0 Å². The molecular formula is C17H21NO2S. The Morgan fingerprint density at radius 1 is 1.05 bits per heavy atom. The number of hydrogen-bond acceptors (Lipinski definition) is 3. The monoisotopic (exact) mass is 303 g/mol. The molecule has 1 unspecified atom stereocenters. The maximum absolute atomic E-state index is 11.6. The first-order chi connectivity index (χ1) is 9.90. The molecule has 0 saturated carbocycles. The third kappa shape index (κ3) is 4.16. The molecule has 2 N–H and O–H groups in total. The summed E-state index contributed by atoms with van der Waals surface area (Å²) >= 11 is 0. The van der Waals surface area contributed by atoms with Crippen molar-refractivity contribution in [1.82, 2.24) is 0 Å². The van der Waals surface area contributed by atoms with Crippen molar-refractivity contribution in [3.63, 3.8) is 0 Å². The van der Waals surface area contributed by atoms with Crippen molar-refractivity contribution in [3.05, 3.63) is 65.2 Å².